The van der Waals surface area contributed by atoms with Crippen LogP contribution in [-0.4, -0.2) is 41.6 Å². The highest BCUT2D eigenvalue weighted by Crippen LogP contribution is 2.31. The van der Waals surface area contributed by atoms with Gasteiger partial charge in [0.25, 0.3) is 5.56 Å². The highest BCUT2D eigenvalue weighted by Gasteiger charge is 2.15. The molecule has 1 N–H and O–H groups in total. The number of carbonyl (C=O) groups excluding carboxylic acids is 1. The minimum absolute atomic E-state index is 0.168. The molecule has 1 aromatic heterocycles. The van der Waals surface area contributed by atoms with Gasteiger partial charge in [0, 0.05) is 31.4 Å². The molecule has 128 valence electrons. The summed E-state index contributed by atoms with van der Waals surface area (Å²) < 4.78 is 11.7. The molecule has 24 heavy (non-hydrogen) atoms. The summed E-state index contributed by atoms with van der Waals surface area (Å²) in [6.45, 7) is 0.121. The second kappa shape index (κ2) is 7.49. The average Bonchev–Trinajstić information content (AvgIpc) is 2.56. The maximum absolute atomic E-state index is 12.3. The molecule has 0 aliphatic heterocycles. The van der Waals surface area contributed by atoms with Crippen molar-refractivity contribution in [3.05, 3.63) is 56.9 Å². The summed E-state index contributed by atoms with van der Waals surface area (Å²) in [5.74, 6) is 0.850. The smallest absolute Gasteiger partial charge is 0.328 e. The van der Waals surface area contributed by atoms with Crippen molar-refractivity contribution >= 4 is 5.91 Å². The first-order valence-corrected chi connectivity index (χ1v) is 7.20. The Morgan fingerprint density at radius 1 is 1.21 bits per heavy atom. The van der Waals surface area contributed by atoms with Crippen LogP contribution in [0.3, 0.4) is 0 Å². The Morgan fingerprint density at radius 3 is 2.58 bits per heavy atom. The maximum Gasteiger partial charge on any atom is 0.328 e. The third kappa shape index (κ3) is 3.83. The van der Waals surface area contributed by atoms with Crippen LogP contribution in [0.4, 0.5) is 0 Å². The lowest BCUT2D eigenvalue weighted by Gasteiger charge is -2.20. The number of amides is 1. The third-order valence-electron chi connectivity index (χ3n) is 3.52. The number of aromatic nitrogens is 2. The number of ether oxygens (including phenoxy) is 2. The van der Waals surface area contributed by atoms with Crippen molar-refractivity contribution in [2.24, 2.45) is 0 Å². The molecule has 0 aliphatic rings. The molecule has 0 radical (unpaired) electrons. The number of hydrogen-bond donors (Lipinski definition) is 1. The van der Waals surface area contributed by atoms with E-state index < -0.39 is 11.2 Å². The molecule has 0 spiro atoms. The van der Waals surface area contributed by atoms with Crippen LogP contribution in [0.25, 0.3) is 0 Å². The summed E-state index contributed by atoms with van der Waals surface area (Å²) in [6, 6.07) is 6.60. The molecular weight excluding hydrogens is 314 g/mol. The van der Waals surface area contributed by atoms with Gasteiger partial charge in [0.1, 0.15) is 6.54 Å². The van der Waals surface area contributed by atoms with Crippen LogP contribution >= 0.6 is 0 Å². The number of aromatic amines is 1. The first kappa shape index (κ1) is 17.3. The summed E-state index contributed by atoms with van der Waals surface area (Å²) in [7, 11) is 4.69. The minimum Gasteiger partial charge on any atom is -0.493 e. The lowest BCUT2D eigenvalue weighted by atomic mass is 10.1. The van der Waals surface area contributed by atoms with E-state index in [0.29, 0.717) is 11.5 Å². The Bertz CT molecular complexity index is 840. The van der Waals surface area contributed by atoms with Gasteiger partial charge in [-0.3, -0.25) is 19.1 Å². The highest BCUT2D eigenvalue weighted by molar-refractivity contribution is 5.75. The van der Waals surface area contributed by atoms with Crippen molar-refractivity contribution < 1.29 is 14.3 Å². The number of methoxy groups -OCH3 is 2. The fourth-order valence-electron chi connectivity index (χ4n) is 2.26. The predicted molar refractivity (Wildman–Crippen MR) is 87.3 cm³/mol. The number of rotatable bonds is 6. The molecule has 1 amide bonds. The standard InChI is InChI=1S/C16H19N3O5/c1-18(9-11-5-4-6-12(23-2)15(11)24-3)14(21)10-19-8-7-13(20)17-16(19)22/h4-8H,9-10H2,1-3H3,(H,17,20,22). The number of nitrogens with zero attached hydrogens (tertiary/aromatic N) is 2. The molecule has 1 heterocycles. The Morgan fingerprint density at radius 2 is 1.96 bits per heavy atom. The van der Waals surface area contributed by atoms with E-state index in [1.54, 1.807) is 26.3 Å². The molecule has 1 aromatic carbocycles. The topological polar surface area (TPSA) is 93.6 Å². The van der Waals surface area contributed by atoms with Gasteiger partial charge in [-0.1, -0.05) is 12.1 Å². The van der Waals surface area contributed by atoms with Gasteiger partial charge in [-0.25, -0.2) is 4.79 Å². The number of H-pyrrole nitrogens is 1. The first-order valence-electron chi connectivity index (χ1n) is 7.20. The van der Waals surface area contributed by atoms with E-state index in [4.69, 9.17) is 9.47 Å². The Kier molecular flexibility index (Phi) is 5.41. The lowest BCUT2D eigenvalue weighted by molar-refractivity contribution is -0.131. The molecule has 0 saturated carbocycles. The Hall–Kier alpha value is -3.03. The lowest BCUT2D eigenvalue weighted by Crippen LogP contribution is -2.36. The summed E-state index contributed by atoms with van der Waals surface area (Å²) in [5, 5.41) is 0. The van der Waals surface area contributed by atoms with E-state index in [1.807, 2.05) is 6.07 Å². The zero-order chi connectivity index (χ0) is 17.7. The van der Waals surface area contributed by atoms with Crippen molar-refractivity contribution in [1.29, 1.82) is 0 Å². The normalized spacial score (nSPS) is 10.3. The van der Waals surface area contributed by atoms with Crippen molar-refractivity contribution in [3.63, 3.8) is 0 Å². The van der Waals surface area contributed by atoms with E-state index in [0.717, 1.165) is 10.1 Å². The summed E-state index contributed by atoms with van der Waals surface area (Å²) in [6.07, 6.45) is 1.29. The Balaban J connectivity index is 2.15. The largest absolute Gasteiger partial charge is 0.493 e. The van der Waals surface area contributed by atoms with Crippen LogP contribution in [-0.2, 0) is 17.9 Å². The second-order valence-electron chi connectivity index (χ2n) is 5.14. The second-order valence-corrected chi connectivity index (χ2v) is 5.14. The molecule has 0 unspecified atom stereocenters. The molecule has 8 nitrogen and oxygen atoms in total. The van der Waals surface area contributed by atoms with Crippen LogP contribution in [0.5, 0.6) is 11.5 Å². The molecule has 8 heteroatoms. The fraction of sp³-hybridized carbons (Fsp3) is 0.312. The average molecular weight is 333 g/mol. The zero-order valence-electron chi connectivity index (χ0n) is 13.7. The van der Waals surface area contributed by atoms with Crippen molar-refractivity contribution in [3.8, 4) is 11.5 Å². The minimum atomic E-state index is -0.622. The van der Waals surface area contributed by atoms with Gasteiger partial charge in [-0.05, 0) is 6.07 Å². The highest BCUT2D eigenvalue weighted by atomic mass is 16.5. The number of para-hydroxylation sites is 1. The van der Waals surface area contributed by atoms with E-state index in [1.165, 1.54) is 24.3 Å². The SMILES string of the molecule is COc1cccc(CN(C)C(=O)Cn2ccc(=O)[nH]c2=O)c1OC. The summed E-state index contributed by atoms with van der Waals surface area (Å²) >= 11 is 0. The van der Waals surface area contributed by atoms with E-state index in [2.05, 4.69) is 4.98 Å². The van der Waals surface area contributed by atoms with Gasteiger partial charge < -0.3 is 14.4 Å². The van der Waals surface area contributed by atoms with Crippen molar-refractivity contribution in [1.82, 2.24) is 14.5 Å². The number of likely N-dealkylation sites (N-methyl/N-ethyl adjacent to an activating group) is 1. The van der Waals surface area contributed by atoms with Crippen LogP contribution in [0.1, 0.15) is 5.56 Å². The number of carbonyl (C=O) groups is 1. The van der Waals surface area contributed by atoms with E-state index >= 15 is 0 Å². The molecular formula is C16H19N3O5. The van der Waals surface area contributed by atoms with Crippen LogP contribution in [0.15, 0.2) is 40.1 Å². The van der Waals surface area contributed by atoms with E-state index in [9.17, 15) is 14.4 Å². The fourth-order valence-corrected chi connectivity index (χ4v) is 2.26. The van der Waals surface area contributed by atoms with Crippen LogP contribution in [0.2, 0.25) is 0 Å². The van der Waals surface area contributed by atoms with E-state index in [-0.39, 0.29) is 19.0 Å². The molecule has 0 saturated heterocycles. The molecule has 0 atom stereocenters. The monoisotopic (exact) mass is 333 g/mol. The summed E-state index contributed by atoms with van der Waals surface area (Å²) in [5.41, 5.74) is -0.345. The van der Waals surface area contributed by atoms with Gasteiger partial charge in [0.05, 0.1) is 14.2 Å². The first-order chi connectivity index (χ1) is 11.5. The molecule has 2 rings (SSSR count). The quantitative estimate of drug-likeness (QED) is 0.816. The van der Waals surface area contributed by atoms with Crippen molar-refractivity contribution in [2.75, 3.05) is 21.3 Å². The number of benzene rings is 1. The van der Waals surface area contributed by atoms with Crippen molar-refractivity contribution in [2.45, 2.75) is 13.1 Å². The van der Waals surface area contributed by atoms with Gasteiger partial charge in [0.15, 0.2) is 11.5 Å². The van der Waals surface area contributed by atoms with Gasteiger partial charge in [-0.2, -0.15) is 0 Å². The Labute approximate surface area is 138 Å². The number of hydrogen-bond acceptors (Lipinski definition) is 5. The van der Waals surface area contributed by atoms with Gasteiger partial charge in [0.2, 0.25) is 5.91 Å². The molecule has 0 aliphatic carbocycles. The zero-order valence-corrected chi connectivity index (χ0v) is 13.7. The third-order valence-corrected chi connectivity index (χ3v) is 3.52. The molecule has 0 bridgehead atoms. The molecule has 0 fully saturated rings. The number of nitrogens with one attached hydrogen (secondary N) is 1. The van der Waals surface area contributed by atoms with Crippen LogP contribution in [0, 0.1) is 0 Å². The van der Waals surface area contributed by atoms with Crippen LogP contribution < -0.4 is 20.7 Å². The predicted octanol–water partition coefficient (Wildman–Crippen LogP) is 0.212. The summed E-state index contributed by atoms with van der Waals surface area (Å²) in [4.78, 5) is 38.6. The van der Waals surface area contributed by atoms with Gasteiger partial charge in [-0.15, -0.1) is 0 Å². The van der Waals surface area contributed by atoms with Gasteiger partial charge >= 0.3 is 5.69 Å². The maximum atomic E-state index is 12.3. The molecule has 2 aromatic rings.